The number of quaternary nitrogens is 1. The Morgan fingerprint density at radius 3 is 2.56 bits per heavy atom. The second kappa shape index (κ2) is 8.64. The number of non-ortho nitro benzene ring substituents is 1. The van der Waals surface area contributed by atoms with Crippen molar-refractivity contribution in [2.45, 2.75) is 33.4 Å². The quantitative estimate of drug-likeness (QED) is 0.577. The summed E-state index contributed by atoms with van der Waals surface area (Å²) in [5, 5.41) is 13.7. The molecule has 1 amide bonds. The van der Waals surface area contributed by atoms with Crippen molar-refractivity contribution in [2.75, 3.05) is 19.5 Å². The van der Waals surface area contributed by atoms with Gasteiger partial charge in [0.2, 0.25) is 0 Å². The zero-order chi connectivity index (χ0) is 20.1. The van der Waals surface area contributed by atoms with Gasteiger partial charge in [-0.2, -0.15) is 0 Å². The van der Waals surface area contributed by atoms with Gasteiger partial charge in [-0.3, -0.25) is 14.9 Å². The minimum atomic E-state index is -0.501. The first-order chi connectivity index (χ1) is 12.7. The second-order valence-corrected chi connectivity index (χ2v) is 6.81. The van der Waals surface area contributed by atoms with E-state index in [9.17, 15) is 14.9 Å². The largest absolute Gasteiger partial charge is 0.494 e. The number of hydrogen-bond donors (Lipinski definition) is 2. The topological polar surface area (TPSA) is 85.9 Å². The molecule has 0 aliphatic heterocycles. The van der Waals surface area contributed by atoms with Gasteiger partial charge >= 0.3 is 0 Å². The number of benzene rings is 2. The van der Waals surface area contributed by atoms with Crippen molar-refractivity contribution < 1.29 is 19.4 Å². The van der Waals surface area contributed by atoms with Crippen molar-refractivity contribution in [3.05, 3.63) is 63.2 Å². The highest BCUT2D eigenvalue weighted by molar-refractivity contribution is 5.95. The maximum atomic E-state index is 12.6. The summed E-state index contributed by atoms with van der Waals surface area (Å²) in [4.78, 5) is 24.1. The van der Waals surface area contributed by atoms with E-state index in [-0.39, 0.29) is 23.4 Å². The first-order valence-corrected chi connectivity index (χ1v) is 8.74. The van der Waals surface area contributed by atoms with Crippen LogP contribution in [-0.4, -0.2) is 31.0 Å². The van der Waals surface area contributed by atoms with Crippen molar-refractivity contribution in [3.8, 4) is 5.75 Å². The number of nitrogens with one attached hydrogen (secondary N) is 2. The Morgan fingerprint density at radius 1 is 1.26 bits per heavy atom. The number of ether oxygens (including phenoxy) is 1. The fourth-order valence-corrected chi connectivity index (χ4v) is 2.86. The number of nitro groups is 1. The number of amides is 1. The Bertz CT molecular complexity index is 851. The first kappa shape index (κ1) is 20.4. The van der Waals surface area contributed by atoms with Gasteiger partial charge in [-0.15, -0.1) is 0 Å². The van der Waals surface area contributed by atoms with Crippen LogP contribution in [0, 0.1) is 24.0 Å². The standard InChI is InChI=1S/C20H25N3O4/c1-13-6-7-16(14(2)10-13)12-22(4)15(3)20(24)21-18-9-8-17(23(25)26)11-19(18)27-5/h6-11,15H,12H2,1-5H3,(H,21,24)/p+1/t15-/m0/s1. The SMILES string of the molecule is COc1cc([N+](=O)[O-])ccc1NC(=O)[C@H](C)[NH+](C)Cc1ccc(C)cc1C. The van der Waals surface area contributed by atoms with E-state index < -0.39 is 4.92 Å². The molecule has 1 unspecified atom stereocenters. The normalized spacial score (nSPS) is 12.9. The molecule has 7 heteroatoms. The Kier molecular flexibility index (Phi) is 6.52. The van der Waals surface area contributed by atoms with Gasteiger partial charge < -0.3 is 15.0 Å². The van der Waals surface area contributed by atoms with Crippen LogP contribution in [0.25, 0.3) is 0 Å². The number of anilines is 1. The van der Waals surface area contributed by atoms with Crippen LogP contribution in [0.1, 0.15) is 23.6 Å². The van der Waals surface area contributed by atoms with Crippen molar-refractivity contribution in [3.63, 3.8) is 0 Å². The van der Waals surface area contributed by atoms with Crippen molar-refractivity contribution >= 4 is 17.3 Å². The lowest BCUT2D eigenvalue weighted by molar-refractivity contribution is -0.907. The molecule has 0 saturated heterocycles. The smallest absolute Gasteiger partial charge is 0.282 e. The fraction of sp³-hybridized carbons (Fsp3) is 0.350. The summed E-state index contributed by atoms with van der Waals surface area (Å²) in [5.74, 6) is 0.0844. The molecule has 0 heterocycles. The van der Waals surface area contributed by atoms with Gasteiger partial charge in [-0.25, -0.2) is 0 Å². The third-order valence-corrected chi connectivity index (χ3v) is 4.75. The summed E-state index contributed by atoms with van der Waals surface area (Å²) in [5.41, 5.74) is 3.95. The number of likely N-dealkylation sites (N-methyl/N-ethyl adjacent to an activating group) is 1. The van der Waals surface area contributed by atoms with E-state index in [0.717, 1.165) is 11.4 Å². The van der Waals surface area contributed by atoms with Crippen LogP contribution in [0.2, 0.25) is 0 Å². The van der Waals surface area contributed by atoms with E-state index in [4.69, 9.17) is 4.74 Å². The summed E-state index contributed by atoms with van der Waals surface area (Å²) < 4.78 is 5.17. The second-order valence-electron chi connectivity index (χ2n) is 6.81. The van der Waals surface area contributed by atoms with E-state index in [1.54, 1.807) is 0 Å². The van der Waals surface area contributed by atoms with Crippen molar-refractivity contribution in [1.82, 2.24) is 0 Å². The van der Waals surface area contributed by atoms with Crippen LogP contribution in [-0.2, 0) is 11.3 Å². The maximum Gasteiger partial charge on any atom is 0.282 e. The van der Waals surface area contributed by atoms with Crippen molar-refractivity contribution in [2.24, 2.45) is 0 Å². The highest BCUT2D eigenvalue weighted by Crippen LogP contribution is 2.28. The lowest BCUT2D eigenvalue weighted by Crippen LogP contribution is -3.12. The van der Waals surface area contributed by atoms with E-state index in [1.165, 1.54) is 42.0 Å². The first-order valence-electron chi connectivity index (χ1n) is 8.74. The molecule has 27 heavy (non-hydrogen) atoms. The average Bonchev–Trinajstić information content (AvgIpc) is 2.63. The summed E-state index contributed by atoms with van der Waals surface area (Å²) in [6.45, 7) is 6.70. The summed E-state index contributed by atoms with van der Waals surface area (Å²) in [6.07, 6.45) is 0. The molecule has 7 nitrogen and oxygen atoms in total. The molecular formula is C20H26N3O4+. The molecule has 0 bridgehead atoms. The molecule has 0 spiro atoms. The van der Waals surface area contributed by atoms with Gasteiger partial charge in [-0.05, 0) is 32.4 Å². The Morgan fingerprint density at radius 2 is 1.96 bits per heavy atom. The number of aryl methyl sites for hydroxylation is 2. The van der Waals surface area contributed by atoms with E-state index in [2.05, 4.69) is 37.4 Å². The molecule has 2 aromatic rings. The highest BCUT2D eigenvalue weighted by atomic mass is 16.6. The molecule has 0 fully saturated rings. The van der Waals surface area contributed by atoms with Gasteiger partial charge in [0.15, 0.2) is 6.04 Å². The van der Waals surface area contributed by atoms with Gasteiger partial charge in [-0.1, -0.05) is 23.8 Å². The molecule has 0 aliphatic carbocycles. The van der Waals surface area contributed by atoms with E-state index >= 15 is 0 Å². The number of nitrogens with zero attached hydrogens (tertiary/aromatic N) is 1. The molecule has 144 valence electrons. The number of hydrogen-bond acceptors (Lipinski definition) is 4. The number of carbonyl (C=O) groups excluding carboxylic acids is 1. The third-order valence-electron chi connectivity index (χ3n) is 4.75. The molecule has 0 aromatic heterocycles. The van der Waals surface area contributed by atoms with E-state index in [1.807, 2.05) is 14.0 Å². The molecule has 2 rings (SSSR count). The molecule has 0 radical (unpaired) electrons. The highest BCUT2D eigenvalue weighted by Gasteiger charge is 2.24. The predicted octanol–water partition coefficient (Wildman–Crippen LogP) is 2.26. The Hall–Kier alpha value is -2.93. The van der Waals surface area contributed by atoms with Gasteiger partial charge in [0.05, 0.1) is 30.8 Å². The Balaban J connectivity index is 2.09. The Labute approximate surface area is 159 Å². The number of nitro benzene ring substituents is 1. The van der Waals surface area contributed by atoms with Crippen molar-refractivity contribution in [1.29, 1.82) is 0 Å². The number of methoxy groups -OCH3 is 1. The number of carbonyl (C=O) groups is 1. The minimum Gasteiger partial charge on any atom is -0.494 e. The molecule has 0 saturated carbocycles. The zero-order valence-electron chi connectivity index (χ0n) is 16.3. The van der Waals surface area contributed by atoms with Gasteiger partial charge in [0.1, 0.15) is 12.3 Å². The maximum absolute atomic E-state index is 12.6. The van der Waals surface area contributed by atoms with Crippen LogP contribution in [0.5, 0.6) is 5.75 Å². The molecule has 2 aromatic carbocycles. The average molecular weight is 372 g/mol. The van der Waals surface area contributed by atoms with Crippen LogP contribution in [0.4, 0.5) is 11.4 Å². The van der Waals surface area contributed by atoms with Crippen LogP contribution in [0.15, 0.2) is 36.4 Å². The summed E-state index contributed by atoms with van der Waals surface area (Å²) in [7, 11) is 3.38. The van der Waals surface area contributed by atoms with Gasteiger partial charge in [0, 0.05) is 11.6 Å². The van der Waals surface area contributed by atoms with E-state index in [0.29, 0.717) is 5.69 Å². The number of rotatable bonds is 7. The zero-order valence-corrected chi connectivity index (χ0v) is 16.3. The minimum absolute atomic E-state index is 0.0875. The summed E-state index contributed by atoms with van der Waals surface area (Å²) in [6, 6.07) is 10.1. The summed E-state index contributed by atoms with van der Waals surface area (Å²) >= 11 is 0. The van der Waals surface area contributed by atoms with Crippen LogP contribution in [0.3, 0.4) is 0 Å². The third kappa shape index (κ3) is 5.04. The predicted molar refractivity (Wildman–Crippen MR) is 104 cm³/mol. The van der Waals surface area contributed by atoms with Crippen LogP contribution < -0.4 is 15.0 Å². The molecular weight excluding hydrogens is 346 g/mol. The molecule has 2 N–H and O–H groups in total. The lowest BCUT2D eigenvalue weighted by Gasteiger charge is -2.22. The molecule has 2 atom stereocenters. The molecule has 0 aliphatic rings. The van der Waals surface area contributed by atoms with Crippen LogP contribution >= 0.6 is 0 Å². The fourth-order valence-electron chi connectivity index (χ4n) is 2.86. The lowest BCUT2D eigenvalue weighted by atomic mass is 10.0. The van der Waals surface area contributed by atoms with Gasteiger partial charge in [0.25, 0.3) is 11.6 Å². The monoisotopic (exact) mass is 372 g/mol.